The summed E-state index contributed by atoms with van der Waals surface area (Å²) in [5.74, 6) is -0.793. The summed E-state index contributed by atoms with van der Waals surface area (Å²) in [7, 11) is 0. The number of nitrogens with one attached hydrogen (secondary N) is 2. The van der Waals surface area contributed by atoms with Crippen LogP contribution in [0.25, 0.3) is 6.08 Å². The summed E-state index contributed by atoms with van der Waals surface area (Å²) in [5.41, 5.74) is 5.95. The second-order valence-electron chi connectivity index (χ2n) is 4.19. The summed E-state index contributed by atoms with van der Waals surface area (Å²) in [6, 6.07) is 15.7. The molecule has 0 spiro atoms. The minimum Gasteiger partial charge on any atom is -0.268 e. The van der Waals surface area contributed by atoms with E-state index in [1.807, 2.05) is 6.07 Å². The maximum atomic E-state index is 11.7. The number of carbonyl (C=O) groups is 2. The molecule has 0 aliphatic carbocycles. The molecule has 0 fully saturated rings. The van der Waals surface area contributed by atoms with E-state index in [1.54, 1.807) is 54.6 Å². The number of hydrogen-bond acceptors (Lipinski definition) is 2. The van der Waals surface area contributed by atoms with Gasteiger partial charge >= 0.3 is 0 Å². The SMILES string of the molecule is O=C(C=Cc1ccc(Cl)cc1)NNC(=O)c1ccccc1. The van der Waals surface area contributed by atoms with Gasteiger partial charge in [0.15, 0.2) is 0 Å². The first-order chi connectivity index (χ1) is 10.1. The number of rotatable bonds is 3. The maximum absolute atomic E-state index is 11.7. The van der Waals surface area contributed by atoms with Crippen molar-refractivity contribution in [1.82, 2.24) is 10.9 Å². The van der Waals surface area contributed by atoms with Gasteiger partial charge in [-0.2, -0.15) is 0 Å². The number of halogens is 1. The summed E-state index contributed by atoms with van der Waals surface area (Å²) in [4.78, 5) is 23.3. The van der Waals surface area contributed by atoms with Gasteiger partial charge in [-0.05, 0) is 35.9 Å². The number of hydrogen-bond donors (Lipinski definition) is 2. The second-order valence-corrected chi connectivity index (χ2v) is 4.63. The summed E-state index contributed by atoms with van der Waals surface area (Å²) in [6.07, 6.45) is 2.95. The summed E-state index contributed by atoms with van der Waals surface area (Å²) >= 11 is 5.77. The lowest BCUT2D eigenvalue weighted by atomic mass is 10.2. The molecular weight excluding hydrogens is 288 g/mol. The lowest BCUT2D eigenvalue weighted by molar-refractivity contribution is -0.117. The Kier molecular flexibility index (Phi) is 5.12. The van der Waals surface area contributed by atoms with Crippen LogP contribution in [0.2, 0.25) is 5.02 Å². The Morgan fingerprint density at radius 3 is 2.24 bits per heavy atom. The van der Waals surface area contributed by atoms with E-state index >= 15 is 0 Å². The summed E-state index contributed by atoms with van der Waals surface area (Å²) in [6.45, 7) is 0. The van der Waals surface area contributed by atoms with E-state index in [9.17, 15) is 9.59 Å². The fraction of sp³-hybridized carbons (Fsp3) is 0. The fourth-order valence-corrected chi connectivity index (χ4v) is 1.69. The molecule has 0 atom stereocenters. The van der Waals surface area contributed by atoms with Crippen molar-refractivity contribution in [2.45, 2.75) is 0 Å². The monoisotopic (exact) mass is 300 g/mol. The molecular formula is C16H13ClN2O2. The molecule has 2 amide bonds. The van der Waals surface area contributed by atoms with E-state index in [2.05, 4.69) is 10.9 Å². The number of hydrazine groups is 1. The van der Waals surface area contributed by atoms with Crippen LogP contribution < -0.4 is 10.9 Å². The van der Waals surface area contributed by atoms with E-state index in [4.69, 9.17) is 11.6 Å². The third kappa shape index (κ3) is 4.78. The van der Waals surface area contributed by atoms with Gasteiger partial charge in [-0.15, -0.1) is 0 Å². The molecule has 5 heteroatoms. The quantitative estimate of drug-likeness (QED) is 0.676. The Labute approximate surface area is 127 Å². The average molecular weight is 301 g/mol. The Morgan fingerprint density at radius 1 is 0.905 bits per heavy atom. The predicted octanol–water partition coefficient (Wildman–Crippen LogP) is 2.81. The average Bonchev–Trinajstić information content (AvgIpc) is 2.53. The van der Waals surface area contributed by atoms with E-state index < -0.39 is 5.91 Å². The lowest BCUT2D eigenvalue weighted by Gasteiger charge is -2.04. The highest BCUT2D eigenvalue weighted by Crippen LogP contribution is 2.10. The van der Waals surface area contributed by atoms with E-state index in [0.717, 1.165) is 5.56 Å². The molecule has 0 aliphatic heterocycles. The third-order valence-corrected chi connectivity index (χ3v) is 2.88. The standard InChI is InChI=1S/C16H13ClN2O2/c17-14-9-6-12(7-10-14)8-11-15(20)18-19-16(21)13-4-2-1-3-5-13/h1-11H,(H,18,20)(H,19,21). The molecule has 0 unspecified atom stereocenters. The highest BCUT2D eigenvalue weighted by Gasteiger charge is 2.04. The molecule has 0 saturated carbocycles. The maximum Gasteiger partial charge on any atom is 0.269 e. The van der Waals surface area contributed by atoms with Gasteiger partial charge in [-0.25, -0.2) is 0 Å². The van der Waals surface area contributed by atoms with Crippen LogP contribution in [0, 0.1) is 0 Å². The molecule has 2 rings (SSSR count). The van der Waals surface area contributed by atoms with Gasteiger partial charge in [0.2, 0.25) is 0 Å². The fourth-order valence-electron chi connectivity index (χ4n) is 1.57. The minimum absolute atomic E-state index is 0.371. The molecule has 0 heterocycles. The van der Waals surface area contributed by atoms with Crippen LogP contribution in [-0.4, -0.2) is 11.8 Å². The number of carbonyl (C=O) groups excluding carboxylic acids is 2. The zero-order valence-electron chi connectivity index (χ0n) is 11.0. The van der Waals surface area contributed by atoms with E-state index in [1.165, 1.54) is 6.08 Å². The first kappa shape index (κ1) is 14.8. The number of benzene rings is 2. The van der Waals surface area contributed by atoms with Crippen LogP contribution >= 0.6 is 11.6 Å². The van der Waals surface area contributed by atoms with Crippen molar-refractivity contribution in [2.24, 2.45) is 0 Å². The predicted molar refractivity (Wildman–Crippen MR) is 82.5 cm³/mol. The minimum atomic E-state index is -0.422. The van der Waals surface area contributed by atoms with Crippen molar-refractivity contribution in [3.05, 3.63) is 76.8 Å². The molecule has 2 aromatic carbocycles. The molecule has 0 bridgehead atoms. The highest BCUT2D eigenvalue weighted by atomic mass is 35.5. The van der Waals surface area contributed by atoms with Crippen LogP contribution in [0.5, 0.6) is 0 Å². The number of amides is 2. The van der Waals surface area contributed by atoms with Gasteiger partial charge in [0.1, 0.15) is 0 Å². The molecule has 106 valence electrons. The van der Waals surface area contributed by atoms with Gasteiger partial charge in [0.05, 0.1) is 0 Å². The summed E-state index contributed by atoms with van der Waals surface area (Å²) < 4.78 is 0. The normalized spacial score (nSPS) is 10.3. The molecule has 2 N–H and O–H groups in total. The largest absolute Gasteiger partial charge is 0.269 e. The van der Waals surface area contributed by atoms with E-state index in [0.29, 0.717) is 10.6 Å². The van der Waals surface area contributed by atoms with Crippen LogP contribution in [0.4, 0.5) is 0 Å². The van der Waals surface area contributed by atoms with Crippen molar-refractivity contribution in [3.63, 3.8) is 0 Å². The Morgan fingerprint density at radius 2 is 1.57 bits per heavy atom. The molecule has 21 heavy (non-hydrogen) atoms. The smallest absolute Gasteiger partial charge is 0.268 e. The zero-order valence-corrected chi connectivity index (χ0v) is 11.8. The Hall–Kier alpha value is -2.59. The molecule has 2 aromatic rings. The topological polar surface area (TPSA) is 58.2 Å². The van der Waals surface area contributed by atoms with Crippen LogP contribution in [0.15, 0.2) is 60.7 Å². The van der Waals surface area contributed by atoms with Crippen molar-refractivity contribution in [2.75, 3.05) is 0 Å². The first-order valence-electron chi connectivity index (χ1n) is 6.24. The third-order valence-electron chi connectivity index (χ3n) is 2.63. The van der Waals surface area contributed by atoms with Gasteiger partial charge in [-0.3, -0.25) is 20.4 Å². The molecule has 0 radical (unpaired) electrons. The van der Waals surface area contributed by atoms with Crippen LogP contribution in [0.3, 0.4) is 0 Å². The van der Waals surface area contributed by atoms with Gasteiger partial charge in [-0.1, -0.05) is 41.9 Å². The Balaban J connectivity index is 1.85. The van der Waals surface area contributed by atoms with Crippen molar-refractivity contribution in [1.29, 1.82) is 0 Å². The zero-order chi connectivity index (χ0) is 15.1. The lowest BCUT2D eigenvalue weighted by Crippen LogP contribution is -2.40. The molecule has 0 saturated heterocycles. The highest BCUT2D eigenvalue weighted by molar-refractivity contribution is 6.30. The van der Waals surface area contributed by atoms with Crippen LogP contribution in [0.1, 0.15) is 15.9 Å². The van der Waals surface area contributed by atoms with Gasteiger partial charge in [0, 0.05) is 16.7 Å². The molecule has 0 aromatic heterocycles. The van der Waals surface area contributed by atoms with E-state index in [-0.39, 0.29) is 5.91 Å². The molecule has 4 nitrogen and oxygen atoms in total. The van der Waals surface area contributed by atoms with Crippen molar-refractivity contribution < 1.29 is 9.59 Å². The van der Waals surface area contributed by atoms with Crippen molar-refractivity contribution >= 4 is 29.5 Å². The summed E-state index contributed by atoms with van der Waals surface area (Å²) in [5, 5.41) is 0.631. The van der Waals surface area contributed by atoms with Crippen LogP contribution in [-0.2, 0) is 4.79 Å². The Bertz CT molecular complexity index is 652. The second kappa shape index (κ2) is 7.26. The van der Waals surface area contributed by atoms with Gasteiger partial charge < -0.3 is 0 Å². The van der Waals surface area contributed by atoms with Gasteiger partial charge in [0.25, 0.3) is 11.8 Å². The van der Waals surface area contributed by atoms with Crippen molar-refractivity contribution in [3.8, 4) is 0 Å². The molecule has 0 aliphatic rings. The first-order valence-corrected chi connectivity index (χ1v) is 6.62.